The van der Waals surface area contributed by atoms with Gasteiger partial charge >= 0.3 is 6.36 Å². The van der Waals surface area contributed by atoms with Gasteiger partial charge in [0.25, 0.3) is 0 Å². The molecule has 1 heterocycles. The summed E-state index contributed by atoms with van der Waals surface area (Å²) in [5.41, 5.74) is 2.59. The minimum absolute atomic E-state index is 0.0425. The van der Waals surface area contributed by atoms with E-state index >= 15 is 0 Å². The molecule has 0 spiro atoms. The van der Waals surface area contributed by atoms with E-state index < -0.39 is 6.36 Å². The van der Waals surface area contributed by atoms with Gasteiger partial charge in [0.05, 0.1) is 24.8 Å². The number of benzene rings is 3. The number of hydrogen-bond donors (Lipinski definition) is 1. The van der Waals surface area contributed by atoms with Gasteiger partial charge < -0.3 is 14.8 Å². The topological polar surface area (TPSA) is 65.4 Å². The second-order valence-corrected chi connectivity index (χ2v) is 8.76. The lowest BCUT2D eigenvalue weighted by Gasteiger charge is -2.14. The second-order valence-electron chi connectivity index (χ2n) is 7.38. The minimum Gasteiger partial charge on any atom is -0.497 e. The Hall–Kier alpha value is -3.63. The van der Waals surface area contributed by atoms with Gasteiger partial charge in [-0.2, -0.15) is 0 Å². The third-order valence-electron chi connectivity index (χ3n) is 4.88. The molecule has 0 saturated carbocycles. The number of anilines is 1. The summed E-state index contributed by atoms with van der Waals surface area (Å²) in [4.78, 5) is 17.0. The summed E-state index contributed by atoms with van der Waals surface area (Å²) in [5.74, 6) is 0.107. The number of carbonyl (C=O) groups excluding carboxylic acids is 1. The van der Waals surface area contributed by atoms with E-state index in [9.17, 15) is 18.0 Å². The molecule has 0 aliphatic rings. The van der Waals surface area contributed by atoms with E-state index in [0.717, 1.165) is 5.56 Å². The summed E-state index contributed by atoms with van der Waals surface area (Å²) in [6, 6.07) is 19.5. The number of alkyl halides is 3. The van der Waals surface area contributed by atoms with Crippen LogP contribution in [0, 0.1) is 0 Å². The van der Waals surface area contributed by atoms with E-state index in [2.05, 4.69) is 15.0 Å². The summed E-state index contributed by atoms with van der Waals surface area (Å²) < 4.78 is 48.7. The number of imidazole rings is 1. The number of hydrogen-bond acceptors (Lipinski definition) is 5. The van der Waals surface area contributed by atoms with Crippen molar-refractivity contribution in [3.05, 3.63) is 84.0 Å². The van der Waals surface area contributed by atoms with Gasteiger partial charge in [-0.3, -0.25) is 9.36 Å². The second kappa shape index (κ2) is 11.0. The summed E-state index contributed by atoms with van der Waals surface area (Å²) in [6.07, 6.45) is -3.15. The van der Waals surface area contributed by atoms with E-state index in [1.807, 2.05) is 12.1 Å². The van der Waals surface area contributed by atoms with E-state index in [1.54, 1.807) is 54.3 Å². The highest BCUT2D eigenvalue weighted by molar-refractivity contribution is 7.99. The van der Waals surface area contributed by atoms with Gasteiger partial charge in [0.15, 0.2) is 5.16 Å². The average Bonchev–Trinajstić information content (AvgIpc) is 3.26. The number of methoxy groups -OCH3 is 1. The molecular weight excluding hydrogens is 515 g/mol. The largest absolute Gasteiger partial charge is 0.573 e. The van der Waals surface area contributed by atoms with Crippen LogP contribution in [0.4, 0.5) is 18.9 Å². The Bertz CT molecular complexity index is 1340. The Balaban J connectivity index is 1.61. The number of aromatic nitrogens is 2. The minimum atomic E-state index is -4.79. The zero-order chi connectivity index (χ0) is 25.7. The van der Waals surface area contributed by atoms with Crippen molar-refractivity contribution in [3.63, 3.8) is 0 Å². The number of carbonyl (C=O) groups is 1. The van der Waals surface area contributed by atoms with Crippen LogP contribution in [0.3, 0.4) is 0 Å². The Morgan fingerprint density at radius 1 is 1.06 bits per heavy atom. The standard InChI is InChI=1S/C25H19ClF3N3O3S/c1-34-20-9-5-16(6-10-20)22-14-30-24(36-15-23(33)31-18-4-2-3-17(26)13-18)32(22)19-7-11-21(12-8-19)35-25(27,28)29/h2-14H,15H2,1H3,(H,31,33). The van der Waals surface area contributed by atoms with E-state index in [1.165, 1.54) is 36.0 Å². The van der Waals surface area contributed by atoms with Crippen molar-refractivity contribution in [1.82, 2.24) is 9.55 Å². The van der Waals surface area contributed by atoms with Gasteiger partial charge in [0, 0.05) is 22.0 Å². The first-order valence-electron chi connectivity index (χ1n) is 10.5. The van der Waals surface area contributed by atoms with Gasteiger partial charge in [-0.25, -0.2) is 4.98 Å². The van der Waals surface area contributed by atoms with Gasteiger partial charge in [-0.05, 0) is 66.7 Å². The van der Waals surface area contributed by atoms with Crippen molar-refractivity contribution in [3.8, 4) is 28.4 Å². The fourth-order valence-electron chi connectivity index (χ4n) is 3.34. The Morgan fingerprint density at radius 2 is 1.75 bits per heavy atom. The maximum atomic E-state index is 12.6. The van der Waals surface area contributed by atoms with Gasteiger partial charge in [0.1, 0.15) is 11.5 Å². The molecular formula is C25H19ClF3N3O3S. The monoisotopic (exact) mass is 533 g/mol. The SMILES string of the molecule is COc1ccc(-c2cnc(SCC(=O)Nc3cccc(Cl)c3)n2-c2ccc(OC(F)(F)F)cc2)cc1. The van der Waals surface area contributed by atoms with E-state index in [0.29, 0.717) is 33.0 Å². The average molecular weight is 534 g/mol. The summed E-state index contributed by atoms with van der Waals surface area (Å²) in [6.45, 7) is 0. The highest BCUT2D eigenvalue weighted by atomic mass is 35.5. The van der Waals surface area contributed by atoms with Crippen LogP contribution >= 0.6 is 23.4 Å². The zero-order valence-electron chi connectivity index (χ0n) is 18.8. The molecule has 1 aromatic heterocycles. The van der Waals surface area contributed by atoms with Crippen LogP contribution in [-0.2, 0) is 4.79 Å². The molecule has 0 aliphatic heterocycles. The summed E-state index contributed by atoms with van der Waals surface area (Å²) >= 11 is 7.15. The Kier molecular flexibility index (Phi) is 7.76. The summed E-state index contributed by atoms with van der Waals surface area (Å²) in [5, 5.41) is 3.75. The molecule has 0 saturated heterocycles. The number of amides is 1. The van der Waals surface area contributed by atoms with Crippen LogP contribution in [0.5, 0.6) is 11.5 Å². The smallest absolute Gasteiger partial charge is 0.497 e. The first kappa shape index (κ1) is 25.5. The maximum absolute atomic E-state index is 12.6. The van der Waals surface area contributed by atoms with Crippen molar-refractivity contribution < 1.29 is 27.4 Å². The fraction of sp³-hybridized carbons (Fsp3) is 0.120. The molecule has 11 heteroatoms. The van der Waals surface area contributed by atoms with Crippen molar-refractivity contribution in [2.75, 3.05) is 18.2 Å². The lowest BCUT2D eigenvalue weighted by atomic mass is 10.1. The zero-order valence-corrected chi connectivity index (χ0v) is 20.3. The van der Waals surface area contributed by atoms with Crippen molar-refractivity contribution in [1.29, 1.82) is 0 Å². The van der Waals surface area contributed by atoms with Crippen LogP contribution in [-0.4, -0.2) is 34.7 Å². The molecule has 36 heavy (non-hydrogen) atoms. The van der Waals surface area contributed by atoms with Crippen LogP contribution in [0.1, 0.15) is 0 Å². The Labute approximate surface area is 214 Å². The maximum Gasteiger partial charge on any atom is 0.573 e. The molecule has 3 aromatic carbocycles. The number of rotatable bonds is 8. The number of nitrogens with zero attached hydrogens (tertiary/aromatic N) is 2. The van der Waals surface area contributed by atoms with E-state index in [4.69, 9.17) is 16.3 Å². The van der Waals surface area contributed by atoms with Crippen molar-refractivity contribution in [2.24, 2.45) is 0 Å². The highest BCUT2D eigenvalue weighted by Crippen LogP contribution is 2.32. The molecule has 1 amide bonds. The molecule has 1 N–H and O–H groups in total. The predicted molar refractivity (Wildman–Crippen MR) is 133 cm³/mol. The van der Waals surface area contributed by atoms with Crippen molar-refractivity contribution in [2.45, 2.75) is 11.5 Å². The molecule has 6 nitrogen and oxygen atoms in total. The quantitative estimate of drug-likeness (QED) is 0.251. The van der Waals surface area contributed by atoms with Crippen LogP contribution < -0.4 is 14.8 Å². The molecule has 0 aliphatic carbocycles. The third-order valence-corrected chi connectivity index (χ3v) is 6.07. The lowest BCUT2D eigenvalue weighted by molar-refractivity contribution is -0.274. The van der Waals surface area contributed by atoms with E-state index in [-0.39, 0.29) is 17.4 Å². The summed E-state index contributed by atoms with van der Waals surface area (Å²) in [7, 11) is 1.56. The molecule has 4 aromatic rings. The van der Waals surface area contributed by atoms with Crippen LogP contribution in [0.15, 0.2) is 84.1 Å². The van der Waals surface area contributed by atoms with Crippen molar-refractivity contribution >= 4 is 35.0 Å². The van der Waals surface area contributed by atoms with Gasteiger partial charge in [-0.1, -0.05) is 29.4 Å². The number of ether oxygens (including phenoxy) is 2. The van der Waals surface area contributed by atoms with Crippen LogP contribution in [0.2, 0.25) is 5.02 Å². The molecule has 4 rings (SSSR count). The Morgan fingerprint density at radius 3 is 2.39 bits per heavy atom. The number of halogens is 4. The molecule has 0 atom stereocenters. The highest BCUT2D eigenvalue weighted by Gasteiger charge is 2.31. The molecule has 186 valence electrons. The third kappa shape index (κ3) is 6.52. The number of nitrogens with one attached hydrogen (secondary N) is 1. The predicted octanol–water partition coefficient (Wildman–Crippen LogP) is 6.83. The molecule has 0 radical (unpaired) electrons. The first-order chi connectivity index (χ1) is 17.2. The first-order valence-corrected chi connectivity index (χ1v) is 11.8. The van der Waals surface area contributed by atoms with Gasteiger partial charge in [0.2, 0.25) is 5.91 Å². The molecule has 0 bridgehead atoms. The molecule has 0 unspecified atom stereocenters. The van der Waals surface area contributed by atoms with Gasteiger partial charge in [-0.15, -0.1) is 13.2 Å². The normalized spacial score (nSPS) is 11.2. The number of thioether (sulfide) groups is 1. The lowest BCUT2D eigenvalue weighted by Crippen LogP contribution is -2.17. The molecule has 0 fully saturated rings. The van der Waals surface area contributed by atoms with Crippen LogP contribution in [0.25, 0.3) is 16.9 Å². The fourth-order valence-corrected chi connectivity index (χ4v) is 4.32.